The van der Waals surface area contributed by atoms with Crippen LogP contribution in [0.4, 0.5) is 0 Å². The maximum absolute atomic E-state index is 12.9. The Morgan fingerprint density at radius 1 is 1.03 bits per heavy atom. The van der Waals surface area contributed by atoms with Gasteiger partial charge >= 0.3 is 5.97 Å². The first-order valence-corrected chi connectivity index (χ1v) is 11.3. The van der Waals surface area contributed by atoms with Crippen LogP contribution in [0.15, 0.2) is 30.3 Å². The lowest BCUT2D eigenvalue weighted by Crippen LogP contribution is -2.58. The van der Waals surface area contributed by atoms with Gasteiger partial charge in [0.2, 0.25) is 17.7 Å². The number of nitrogens with zero attached hydrogens (tertiary/aromatic N) is 1. The number of aliphatic carboxylic acids is 1. The van der Waals surface area contributed by atoms with Gasteiger partial charge in [-0.25, -0.2) is 0 Å². The molecule has 35 heavy (non-hydrogen) atoms. The van der Waals surface area contributed by atoms with Crippen LogP contribution in [0, 0.1) is 5.92 Å². The lowest BCUT2D eigenvalue weighted by Gasteiger charge is -2.31. The van der Waals surface area contributed by atoms with Crippen LogP contribution >= 0.6 is 0 Å². The van der Waals surface area contributed by atoms with E-state index >= 15 is 0 Å². The van der Waals surface area contributed by atoms with E-state index in [9.17, 15) is 28.8 Å². The number of nitrogens with two attached hydrogens (primary N) is 1. The number of rotatable bonds is 13. The van der Waals surface area contributed by atoms with E-state index < -0.39 is 60.2 Å². The summed E-state index contributed by atoms with van der Waals surface area (Å²) in [5.41, 5.74) is 6.86. The van der Waals surface area contributed by atoms with E-state index in [1.165, 1.54) is 6.92 Å². The van der Waals surface area contributed by atoms with Crippen molar-refractivity contribution in [2.75, 3.05) is 0 Å². The molecule has 192 valence electrons. The molecular formula is C24H34N4O7. The molecule has 0 bridgehead atoms. The molecule has 11 heteroatoms. The molecule has 4 amide bonds. The largest absolute Gasteiger partial charge is 0.481 e. The third kappa shape index (κ3) is 9.28. The fourth-order valence-electron chi connectivity index (χ4n) is 3.51. The van der Waals surface area contributed by atoms with E-state index in [0.717, 1.165) is 12.5 Å². The minimum atomic E-state index is -1.29. The van der Waals surface area contributed by atoms with Crippen LogP contribution < -0.4 is 16.4 Å². The van der Waals surface area contributed by atoms with Crippen molar-refractivity contribution < 1.29 is 33.9 Å². The second-order valence-corrected chi connectivity index (χ2v) is 8.64. The Morgan fingerprint density at radius 2 is 1.63 bits per heavy atom. The Morgan fingerprint density at radius 3 is 2.11 bits per heavy atom. The molecule has 0 aliphatic rings. The van der Waals surface area contributed by atoms with Crippen molar-refractivity contribution in [1.29, 1.82) is 0 Å². The summed E-state index contributed by atoms with van der Waals surface area (Å²) in [6.45, 7) is 5.80. The van der Waals surface area contributed by atoms with E-state index in [1.54, 1.807) is 13.8 Å². The predicted molar refractivity (Wildman–Crippen MR) is 127 cm³/mol. The molecule has 0 aliphatic carbocycles. The molecule has 5 N–H and O–H groups in total. The number of hydrogen-bond acceptors (Lipinski definition) is 7. The maximum Gasteiger partial charge on any atom is 0.305 e. The number of hydrogen-bond donors (Lipinski definition) is 4. The zero-order valence-electron chi connectivity index (χ0n) is 20.4. The summed E-state index contributed by atoms with van der Waals surface area (Å²) >= 11 is 0. The highest BCUT2D eigenvalue weighted by Gasteiger charge is 2.34. The van der Waals surface area contributed by atoms with Crippen LogP contribution in [0.2, 0.25) is 0 Å². The van der Waals surface area contributed by atoms with Gasteiger partial charge in [0.1, 0.15) is 18.4 Å². The van der Waals surface area contributed by atoms with Gasteiger partial charge < -0.3 is 26.3 Å². The molecule has 1 rings (SSSR count). The summed E-state index contributed by atoms with van der Waals surface area (Å²) in [7, 11) is 0. The van der Waals surface area contributed by atoms with Gasteiger partial charge in [0.05, 0.1) is 18.5 Å². The topological polar surface area (TPSA) is 176 Å². The van der Waals surface area contributed by atoms with Crippen molar-refractivity contribution in [3.05, 3.63) is 35.9 Å². The van der Waals surface area contributed by atoms with Crippen molar-refractivity contribution in [2.24, 2.45) is 11.7 Å². The van der Waals surface area contributed by atoms with Crippen LogP contribution in [-0.2, 0) is 35.2 Å². The SMILES string of the molecule is CC(=O)N(C(=O)[C@H](C)NC(=O)[C@@H](NC(=O)[C@@H](N)Cc1ccccc1)C(C)C)[C@H](CC=O)CC(=O)O. The molecule has 0 unspecified atom stereocenters. The number of carboxylic acids is 1. The second kappa shape index (κ2) is 14.0. The molecule has 1 aromatic rings. The molecule has 0 aromatic heterocycles. The third-order valence-electron chi connectivity index (χ3n) is 5.33. The molecular weight excluding hydrogens is 456 g/mol. The second-order valence-electron chi connectivity index (χ2n) is 8.64. The Labute approximate surface area is 204 Å². The summed E-state index contributed by atoms with van der Waals surface area (Å²) in [6.07, 6.45) is -0.288. The monoisotopic (exact) mass is 490 g/mol. The van der Waals surface area contributed by atoms with Gasteiger partial charge in [-0.15, -0.1) is 0 Å². The van der Waals surface area contributed by atoms with Crippen LogP contribution in [0.25, 0.3) is 0 Å². The van der Waals surface area contributed by atoms with Crippen LogP contribution in [0.3, 0.4) is 0 Å². The summed E-state index contributed by atoms with van der Waals surface area (Å²) in [4.78, 5) is 73.3. The summed E-state index contributed by atoms with van der Waals surface area (Å²) in [5, 5.41) is 14.2. The predicted octanol–water partition coefficient (Wildman–Crippen LogP) is 0.00930. The van der Waals surface area contributed by atoms with E-state index in [4.69, 9.17) is 10.8 Å². The molecule has 11 nitrogen and oxygen atoms in total. The molecule has 0 radical (unpaired) electrons. The summed E-state index contributed by atoms with van der Waals surface area (Å²) in [5.74, 6) is -4.49. The van der Waals surface area contributed by atoms with Crippen molar-refractivity contribution in [3.63, 3.8) is 0 Å². The number of nitrogens with one attached hydrogen (secondary N) is 2. The number of carbonyl (C=O) groups excluding carboxylic acids is 5. The van der Waals surface area contributed by atoms with E-state index in [-0.39, 0.29) is 18.8 Å². The van der Waals surface area contributed by atoms with E-state index in [1.807, 2.05) is 30.3 Å². The number of amides is 4. The molecule has 0 heterocycles. The average molecular weight is 491 g/mol. The first-order chi connectivity index (χ1) is 16.4. The number of aldehydes is 1. The first kappa shape index (κ1) is 29.4. The highest BCUT2D eigenvalue weighted by atomic mass is 16.4. The number of carbonyl (C=O) groups is 6. The van der Waals surface area contributed by atoms with E-state index in [0.29, 0.717) is 11.2 Å². The lowest BCUT2D eigenvalue weighted by atomic mass is 10.0. The Bertz CT molecular complexity index is 920. The highest BCUT2D eigenvalue weighted by Crippen LogP contribution is 2.12. The molecule has 1 aromatic carbocycles. The van der Waals surface area contributed by atoms with Crippen LogP contribution in [0.5, 0.6) is 0 Å². The van der Waals surface area contributed by atoms with Crippen molar-refractivity contribution in [2.45, 2.75) is 71.1 Å². The fourth-order valence-corrected chi connectivity index (χ4v) is 3.51. The van der Waals surface area contributed by atoms with Crippen molar-refractivity contribution in [3.8, 4) is 0 Å². The molecule has 0 aliphatic heterocycles. The van der Waals surface area contributed by atoms with Gasteiger partial charge in [0.25, 0.3) is 5.91 Å². The minimum Gasteiger partial charge on any atom is -0.481 e. The Kier molecular flexibility index (Phi) is 11.7. The van der Waals surface area contributed by atoms with Gasteiger partial charge in [0.15, 0.2) is 0 Å². The molecule has 0 saturated carbocycles. The molecule has 0 spiro atoms. The van der Waals surface area contributed by atoms with E-state index in [2.05, 4.69) is 10.6 Å². The van der Waals surface area contributed by atoms with Gasteiger partial charge in [-0.05, 0) is 24.8 Å². The zero-order chi connectivity index (χ0) is 26.7. The van der Waals surface area contributed by atoms with Gasteiger partial charge in [-0.2, -0.15) is 0 Å². The first-order valence-electron chi connectivity index (χ1n) is 11.3. The van der Waals surface area contributed by atoms with Crippen LogP contribution in [0.1, 0.15) is 46.1 Å². The van der Waals surface area contributed by atoms with Gasteiger partial charge in [0, 0.05) is 13.3 Å². The Balaban J connectivity index is 2.92. The van der Waals surface area contributed by atoms with Gasteiger partial charge in [-0.1, -0.05) is 44.2 Å². The lowest BCUT2D eigenvalue weighted by molar-refractivity contribution is -0.150. The Hall–Kier alpha value is -3.60. The maximum atomic E-state index is 12.9. The third-order valence-corrected chi connectivity index (χ3v) is 5.33. The van der Waals surface area contributed by atoms with Crippen molar-refractivity contribution >= 4 is 35.9 Å². The molecule has 0 saturated heterocycles. The highest BCUT2D eigenvalue weighted by molar-refractivity contribution is 6.00. The van der Waals surface area contributed by atoms with Crippen molar-refractivity contribution in [1.82, 2.24) is 15.5 Å². The summed E-state index contributed by atoms with van der Waals surface area (Å²) in [6, 6.07) is 4.80. The fraction of sp³-hybridized carbons (Fsp3) is 0.500. The quantitative estimate of drug-likeness (QED) is 0.279. The molecule has 4 atom stereocenters. The smallest absolute Gasteiger partial charge is 0.305 e. The van der Waals surface area contributed by atoms with Gasteiger partial charge in [-0.3, -0.25) is 28.9 Å². The van der Waals surface area contributed by atoms with Crippen LogP contribution in [-0.4, -0.2) is 70.1 Å². The molecule has 0 fully saturated rings. The number of carboxylic acid groups (broad SMARTS) is 1. The minimum absolute atomic E-state index is 0.267. The number of benzene rings is 1. The standard InChI is InChI=1S/C24H34N4O7/c1-14(2)21(27-22(33)19(25)12-17-8-6-5-7-9-17)23(34)26-15(3)24(35)28(16(4)30)18(10-11-29)13-20(31)32/h5-9,11,14-15,18-19,21H,10,12-13,25H2,1-4H3,(H,26,34)(H,27,33)(H,31,32)/t15-,18+,19-,21-/m0/s1. The average Bonchev–Trinajstić information content (AvgIpc) is 2.77. The summed E-state index contributed by atoms with van der Waals surface area (Å²) < 4.78 is 0. The normalized spacial score (nSPS) is 14.2. The zero-order valence-corrected chi connectivity index (χ0v) is 20.4. The number of imide groups is 1.